The summed E-state index contributed by atoms with van der Waals surface area (Å²) in [6.45, 7) is -0.453. The third-order valence-electron chi connectivity index (χ3n) is 2.64. The molecule has 0 spiro atoms. The van der Waals surface area contributed by atoms with Crippen molar-refractivity contribution in [2.45, 2.75) is 24.5 Å². The SMILES string of the molecule is Cl.Nc1ccn([C@H]2O[C@@H](CO)[C@H](O)[C@H]2O)c(=O)n1. The number of nitrogen functional groups attached to an aromatic ring is 1. The molecule has 5 N–H and O–H groups in total. The maximum atomic E-state index is 11.5. The first-order chi connectivity index (χ1) is 8.04. The number of hydrogen-bond acceptors (Lipinski definition) is 7. The van der Waals surface area contributed by atoms with Crippen molar-refractivity contribution in [2.24, 2.45) is 0 Å². The van der Waals surface area contributed by atoms with Gasteiger partial charge in [-0.1, -0.05) is 0 Å². The Balaban J connectivity index is 0.00000162. The number of rotatable bonds is 2. The van der Waals surface area contributed by atoms with Crippen LogP contribution >= 0.6 is 12.4 Å². The maximum Gasteiger partial charge on any atom is 0.351 e. The topological polar surface area (TPSA) is 131 Å². The lowest BCUT2D eigenvalue weighted by Gasteiger charge is -2.16. The molecule has 1 aromatic heterocycles. The smallest absolute Gasteiger partial charge is 0.351 e. The first-order valence-corrected chi connectivity index (χ1v) is 5.01. The van der Waals surface area contributed by atoms with Gasteiger partial charge in [-0.05, 0) is 6.07 Å². The number of aliphatic hydroxyl groups excluding tert-OH is 3. The van der Waals surface area contributed by atoms with Gasteiger partial charge >= 0.3 is 5.69 Å². The highest BCUT2D eigenvalue weighted by atomic mass is 35.5. The molecule has 4 atom stereocenters. The maximum absolute atomic E-state index is 11.5. The van der Waals surface area contributed by atoms with E-state index in [1.165, 1.54) is 12.3 Å². The molecule has 0 aromatic carbocycles. The van der Waals surface area contributed by atoms with E-state index in [0.717, 1.165) is 4.57 Å². The third-order valence-corrected chi connectivity index (χ3v) is 2.64. The van der Waals surface area contributed by atoms with Gasteiger partial charge in [0.1, 0.15) is 24.1 Å². The summed E-state index contributed by atoms with van der Waals surface area (Å²) in [5.74, 6) is 0.0537. The van der Waals surface area contributed by atoms with Crippen LogP contribution in [-0.2, 0) is 4.74 Å². The van der Waals surface area contributed by atoms with Crippen molar-refractivity contribution in [3.05, 3.63) is 22.7 Å². The van der Waals surface area contributed by atoms with Crippen LogP contribution in [0.4, 0.5) is 5.82 Å². The molecule has 0 radical (unpaired) electrons. The van der Waals surface area contributed by atoms with Crippen LogP contribution in [0.3, 0.4) is 0 Å². The first kappa shape index (κ1) is 14.9. The standard InChI is InChI=1S/C9H13N3O5.ClH/c10-5-1-2-12(9(16)11-5)8-7(15)6(14)4(3-13)17-8;/h1-2,4,6-8,13-15H,3H2,(H2,10,11,16);1H/t4-,6-,7+,8-;/m0./s1. The molecule has 9 heteroatoms. The summed E-state index contributed by atoms with van der Waals surface area (Å²) >= 11 is 0. The molecule has 0 bridgehead atoms. The van der Waals surface area contributed by atoms with Crippen LogP contribution in [-0.4, -0.2) is 49.8 Å². The van der Waals surface area contributed by atoms with Crippen LogP contribution in [0.25, 0.3) is 0 Å². The average molecular weight is 280 g/mol. The number of anilines is 1. The zero-order chi connectivity index (χ0) is 12.6. The van der Waals surface area contributed by atoms with Crippen molar-refractivity contribution in [3.8, 4) is 0 Å². The quantitative estimate of drug-likeness (QED) is 0.486. The van der Waals surface area contributed by atoms with Gasteiger partial charge in [-0.3, -0.25) is 4.57 Å². The largest absolute Gasteiger partial charge is 0.394 e. The second-order valence-corrected chi connectivity index (χ2v) is 3.77. The lowest BCUT2D eigenvalue weighted by Crippen LogP contribution is -2.36. The van der Waals surface area contributed by atoms with E-state index < -0.39 is 36.8 Å². The lowest BCUT2D eigenvalue weighted by molar-refractivity contribution is -0.0549. The summed E-state index contributed by atoms with van der Waals surface area (Å²) in [6.07, 6.45) is -3.27. The number of ether oxygens (including phenoxy) is 1. The van der Waals surface area contributed by atoms with Crippen LogP contribution in [0.2, 0.25) is 0 Å². The highest BCUT2D eigenvalue weighted by Crippen LogP contribution is 2.27. The van der Waals surface area contributed by atoms with Gasteiger partial charge in [0.15, 0.2) is 6.23 Å². The van der Waals surface area contributed by atoms with E-state index in [0.29, 0.717) is 0 Å². The number of aliphatic hydroxyl groups is 3. The minimum Gasteiger partial charge on any atom is -0.394 e. The van der Waals surface area contributed by atoms with Gasteiger partial charge < -0.3 is 25.8 Å². The summed E-state index contributed by atoms with van der Waals surface area (Å²) < 4.78 is 6.19. The van der Waals surface area contributed by atoms with Gasteiger partial charge in [-0.15, -0.1) is 12.4 Å². The molecule has 8 nitrogen and oxygen atoms in total. The van der Waals surface area contributed by atoms with Crippen molar-refractivity contribution >= 4 is 18.2 Å². The summed E-state index contributed by atoms with van der Waals surface area (Å²) in [7, 11) is 0. The Morgan fingerprint density at radius 3 is 2.61 bits per heavy atom. The molecule has 2 heterocycles. The summed E-state index contributed by atoms with van der Waals surface area (Å²) in [5.41, 5.74) is 4.63. The van der Waals surface area contributed by atoms with Crippen molar-refractivity contribution < 1.29 is 20.1 Å². The van der Waals surface area contributed by atoms with E-state index in [1.54, 1.807) is 0 Å². The molecule has 0 unspecified atom stereocenters. The Hall–Kier alpha value is -1.19. The molecular weight excluding hydrogens is 266 g/mol. The number of nitrogens with zero attached hydrogens (tertiary/aromatic N) is 2. The molecule has 0 aliphatic carbocycles. The molecule has 1 saturated heterocycles. The number of aromatic nitrogens is 2. The molecule has 1 aromatic rings. The Labute approximate surface area is 108 Å². The van der Waals surface area contributed by atoms with Gasteiger partial charge in [-0.25, -0.2) is 4.79 Å². The van der Waals surface area contributed by atoms with Gasteiger partial charge in [0.05, 0.1) is 6.61 Å². The molecule has 1 aliphatic heterocycles. The van der Waals surface area contributed by atoms with Crippen LogP contribution in [0, 0.1) is 0 Å². The zero-order valence-corrected chi connectivity index (χ0v) is 10.0. The van der Waals surface area contributed by atoms with Crippen molar-refractivity contribution in [1.82, 2.24) is 9.55 Å². The van der Waals surface area contributed by atoms with Crippen LogP contribution in [0.15, 0.2) is 17.1 Å². The molecule has 2 rings (SSSR count). The van der Waals surface area contributed by atoms with Crippen LogP contribution < -0.4 is 11.4 Å². The summed E-state index contributed by atoms with van der Waals surface area (Å²) in [5, 5.41) is 28.2. The molecule has 1 aliphatic rings. The molecule has 1 fully saturated rings. The van der Waals surface area contributed by atoms with Crippen LogP contribution in [0.5, 0.6) is 0 Å². The predicted molar refractivity (Wildman–Crippen MR) is 63.2 cm³/mol. The van der Waals surface area contributed by atoms with E-state index >= 15 is 0 Å². The van der Waals surface area contributed by atoms with E-state index in [2.05, 4.69) is 4.98 Å². The van der Waals surface area contributed by atoms with E-state index in [-0.39, 0.29) is 18.2 Å². The monoisotopic (exact) mass is 279 g/mol. The fraction of sp³-hybridized carbons (Fsp3) is 0.556. The molecular formula is C9H14ClN3O5. The second kappa shape index (κ2) is 5.63. The van der Waals surface area contributed by atoms with Crippen molar-refractivity contribution in [2.75, 3.05) is 12.3 Å². The van der Waals surface area contributed by atoms with E-state index in [4.69, 9.17) is 15.6 Å². The fourth-order valence-corrected chi connectivity index (χ4v) is 1.73. The van der Waals surface area contributed by atoms with Gasteiger partial charge in [0, 0.05) is 6.20 Å². The molecule has 0 saturated carbocycles. The Bertz CT molecular complexity index is 468. The third kappa shape index (κ3) is 2.47. The number of halogens is 1. The minimum atomic E-state index is -1.31. The summed E-state index contributed by atoms with van der Waals surface area (Å²) in [4.78, 5) is 15.0. The first-order valence-electron chi connectivity index (χ1n) is 5.01. The van der Waals surface area contributed by atoms with Gasteiger partial charge in [0.25, 0.3) is 0 Å². The zero-order valence-electron chi connectivity index (χ0n) is 9.21. The highest BCUT2D eigenvalue weighted by molar-refractivity contribution is 5.85. The highest BCUT2D eigenvalue weighted by Gasteiger charge is 2.43. The number of hydrogen-bond donors (Lipinski definition) is 4. The predicted octanol–water partition coefficient (Wildman–Crippen LogP) is -2.14. The Kier molecular flexibility index (Phi) is 4.65. The second-order valence-electron chi connectivity index (χ2n) is 3.77. The Morgan fingerprint density at radius 1 is 1.44 bits per heavy atom. The summed E-state index contributed by atoms with van der Waals surface area (Å²) in [6, 6.07) is 1.37. The van der Waals surface area contributed by atoms with Crippen molar-refractivity contribution in [3.63, 3.8) is 0 Å². The average Bonchev–Trinajstić information content (AvgIpc) is 2.57. The Morgan fingerprint density at radius 2 is 2.11 bits per heavy atom. The minimum absolute atomic E-state index is 0. The molecule has 0 amide bonds. The van der Waals surface area contributed by atoms with E-state index in [9.17, 15) is 15.0 Å². The van der Waals surface area contributed by atoms with E-state index in [1.807, 2.05) is 0 Å². The van der Waals surface area contributed by atoms with Gasteiger partial charge in [-0.2, -0.15) is 4.98 Å². The molecule has 102 valence electrons. The number of nitrogens with two attached hydrogens (primary N) is 1. The normalized spacial score (nSPS) is 31.1. The fourth-order valence-electron chi connectivity index (χ4n) is 1.73. The lowest BCUT2D eigenvalue weighted by atomic mass is 10.1. The molecule has 18 heavy (non-hydrogen) atoms. The van der Waals surface area contributed by atoms with Crippen molar-refractivity contribution in [1.29, 1.82) is 0 Å². The van der Waals surface area contributed by atoms with Crippen LogP contribution in [0.1, 0.15) is 6.23 Å². The van der Waals surface area contributed by atoms with Gasteiger partial charge in [0.2, 0.25) is 0 Å².